The van der Waals surface area contributed by atoms with Crippen LogP contribution in [0.4, 0.5) is 5.69 Å². The van der Waals surface area contributed by atoms with Crippen LogP contribution in [0.25, 0.3) is 0 Å². The molecule has 0 fully saturated rings. The maximum Gasteiger partial charge on any atom is 0.329 e. The Kier molecular flexibility index (Phi) is 8.01. The van der Waals surface area contributed by atoms with Crippen molar-refractivity contribution in [1.29, 1.82) is 0 Å². The summed E-state index contributed by atoms with van der Waals surface area (Å²) >= 11 is 0. The molecule has 0 spiro atoms. The number of rotatable bonds is 9. The number of carbonyl (C=O) groups excluding carboxylic acids is 2. The van der Waals surface area contributed by atoms with Crippen LogP contribution in [0.2, 0.25) is 0 Å². The molecule has 1 heterocycles. The summed E-state index contributed by atoms with van der Waals surface area (Å²) < 4.78 is 42.6. The van der Waals surface area contributed by atoms with Gasteiger partial charge in [0.25, 0.3) is 0 Å². The molecule has 0 aliphatic heterocycles. The van der Waals surface area contributed by atoms with Gasteiger partial charge in [-0.3, -0.25) is 9.59 Å². The van der Waals surface area contributed by atoms with Gasteiger partial charge in [0.05, 0.1) is 37.6 Å². The van der Waals surface area contributed by atoms with E-state index >= 15 is 0 Å². The van der Waals surface area contributed by atoms with Gasteiger partial charge in [-0.2, -0.15) is 5.10 Å². The van der Waals surface area contributed by atoms with Gasteiger partial charge in [-0.25, -0.2) is 18.6 Å². The summed E-state index contributed by atoms with van der Waals surface area (Å²) in [7, 11) is -0.796. The Bertz CT molecular complexity index is 1290. The van der Waals surface area contributed by atoms with Gasteiger partial charge in [-0.1, -0.05) is 18.2 Å². The lowest BCUT2D eigenvalue weighted by Gasteiger charge is -2.10. The standard InChI is InChI=1S/C22H22N4O7S/c1-31-15-10-11-20(32-2)19(12-15)25-21(27)22(28)26-23-13-16-8-9-17(33-16)14-24-34(29,30)18-6-4-3-5-7-18/h3-13,24H,14H2,1-2H3,(H,25,27)(H,26,28)/b23-13+. The van der Waals surface area contributed by atoms with Gasteiger partial charge < -0.3 is 19.2 Å². The maximum atomic E-state index is 12.3. The lowest BCUT2D eigenvalue weighted by atomic mass is 10.2. The minimum atomic E-state index is -3.68. The third-order valence-corrected chi connectivity index (χ3v) is 5.81. The first-order chi connectivity index (χ1) is 16.3. The zero-order valence-corrected chi connectivity index (χ0v) is 19.1. The Morgan fingerprint density at radius 3 is 2.47 bits per heavy atom. The highest BCUT2D eigenvalue weighted by Crippen LogP contribution is 2.28. The van der Waals surface area contributed by atoms with E-state index in [9.17, 15) is 18.0 Å². The van der Waals surface area contributed by atoms with Crippen molar-refractivity contribution in [3.05, 3.63) is 72.2 Å². The summed E-state index contributed by atoms with van der Waals surface area (Å²) in [5.41, 5.74) is 2.33. The summed E-state index contributed by atoms with van der Waals surface area (Å²) in [6, 6.07) is 15.7. The molecule has 1 aromatic heterocycles. The first kappa shape index (κ1) is 24.5. The quantitative estimate of drug-likeness (QED) is 0.237. The second kappa shape index (κ2) is 11.1. The summed E-state index contributed by atoms with van der Waals surface area (Å²) in [5, 5.41) is 6.09. The molecule has 0 unspecified atom stereocenters. The van der Waals surface area contributed by atoms with Gasteiger partial charge >= 0.3 is 11.8 Å². The number of hydrogen-bond acceptors (Lipinski definition) is 8. The van der Waals surface area contributed by atoms with Crippen LogP contribution in [-0.4, -0.2) is 40.7 Å². The number of sulfonamides is 1. The molecule has 0 saturated heterocycles. The molecular formula is C22H22N4O7S. The molecule has 2 aromatic carbocycles. The predicted molar refractivity (Wildman–Crippen MR) is 123 cm³/mol. The molecule has 0 aliphatic rings. The fourth-order valence-electron chi connectivity index (χ4n) is 2.70. The normalized spacial score (nSPS) is 11.2. The fourth-order valence-corrected chi connectivity index (χ4v) is 3.72. The zero-order valence-electron chi connectivity index (χ0n) is 18.3. The first-order valence-electron chi connectivity index (χ1n) is 9.82. The van der Waals surface area contributed by atoms with Crippen LogP contribution in [0, 0.1) is 0 Å². The minimum absolute atomic E-state index is 0.0811. The molecule has 12 heteroatoms. The SMILES string of the molecule is COc1ccc(OC)c(NC(=O)C(=O)N/N=C/c2ccc(CNS(=O)(=O)c3ccccc3)o2)c1. The van der Waals surface area contributed by atoms with Crippen LogP contribution in [-0.2, 0) is 26.2 Å². The number of amides is 2. The molecule has 3 N–H and O–H groups in total. The second-order valence-electron chi connectivity index (χ2n) is 6.66. The van der Waals surface area contributed by atoms with Gasteiger partial charge in [0.1, 0.15) is 23.0 Å². The summed E-state index contributed by atoms with van der Waals surface area (Å²) in [6.07, 6.45) is 1.17. The van der Waals surface area contributed by atoms with Crippen molar-refractivity contribution in [2.24, 2.45) is 5.10 Å². The molecule has 0 radical (unpaired) electrons. The highest BCUT2D eigenvalue weighted by molar-refractivity contribution is 7.89. The number of furan rings is 1. The maximum absolute atomic E-state index is 12.3. The van der Waals surface area contributed by atoms with Crippen molar-refractivity contribution in [2.45, 2.75) is 11.4 Å². The third kappa shape index (κ3) is 6.43. The predicted octanol–water partition coefficient (Wildman–Crippen LogP) is 1.86. The van der Waals surface area contributed by atoms with Gasteiger partial charge in [0.2, 0.25) is 10.0 Å². The number of ether oxygens (including phenoxy) is 2. The van der Waals surface area contributed by atoms with Gasteiger partial charge in [0, 0.05) is 6.07 Å². The van der Waals surface area contributed by atoms with E-state index in [1.807, 2.05) is 0 Å². The summed E-state index contributed by atoms with van der Waals surface area (Å²) in [4.78, 5) is 24.3. The number of methoxy groups -OCH3 is 2. The first-order valence-corrected chi connectivity index (χ1v) is 11.3. The largest absolute Gasteiger partial charge is 0.497 e. The van der Waals surface area contributed by atoms with E-state index in [4.69, 9.17) is 13.9 Å². The molecule has 0 bridgehead atoms. The highest BCUT2D eigenvalue weighted by Gasteiger charge is 2.16. The topological polar surface area (TPSA) is 148 Å². The van der Waals surface area contributed by atoms with Crippen LogP contribution in [0.1, 0.15) is 11.5 Å². The number of nitrogens with one attached hydrogen (secondary N) is 3. The van der Waals surface area contributed by atoms with Gasteiger partial charge in [-0.15, -0.1) is 0 Å². The molecule has 0 aliphatic carbocycles. The Labute approximate surface area is 195 Å². The van der Waals surface area contributed by atoms with E-state index in [0.29, 0.717) is 17.3 Å². The van der Waals surface area contributed by atoms with Crippen LogP contribution in [0.3, 0.4) is 0 Å². The van der Waals surface area contributed by atoms with Crippen LogP contribution in [0.15, 0.2) is 75.1 Å². The van der Waals surface area contributed by atoms with Crippen molar-refractivity contribution >= 4 is 33.7 Å². The van der Waals surface area contributed by atoms with E-state index in [0.717, 1.165) is 0 Å². The van der Waals surface area contributed by atoms with Crippen molar-refractivity contribution in [1.82, 2.24) is 10.1 Å². The number of carbonyl (C=O) groups is 2. The fraction of sp³-hybridized carbons (Fsp3) is 0.136. The van der Waals surface area contributed by atoms with E-state index in [1.54, 1.807) is 36.4 Å². The van der Waals surface area contributed by atoms with E-state index in [-0.39, 0.29) is 22.9 Å². The average molecular weight is 487 g/mol. The van der Waals surface area contributed by atoms with E-state index in [1.165, 1.54) is 44.7 Å². The molecule has 11 nitrogen and oxygen atoms in total. The summed E-state index contributed by atoms with van der Waals surface area (Å²) in [5.74, 6) is -0.618. The van der Waals surface area contributed by atoms with Crippen LogP contribution < -0.4 is 24.9 Å². The lowest BCUT2D eigenvalue weighted by Crippen LogP contribution is -2.32. The molecule has 34 heavy (non-hydrogen) atoms. The lowest BCUT2D eigenvalue weighted by molar-refractivity contribution is -0.136. The monoisotopic (exact) mass is 486 g/mol. The zero-order chi connectivity index (χ0) is 24.6. The molecule has 178 valence electrons. The number of hydrogen-bond donors (Lipinski definition) is 3. The Morgan fingerprint density at radius 1 is 1.00 bits per heavy atom. The number of benzene rings is 2. The van der Waals surface area contributed by atoms with Crippen molar-refractivity contribution < 1.29 is 31.9 Å². The van der Waals surface area contributed by atoms with Crippen LogP contribution >= 0.6 is 0 Å². The molecule has 0 saturated carbocycles. The Morgan fingerprint density at radius 2 is 1.76 bits per heavy atom. The summed E-state index contributed by atoms with van der Waals surface area (Å²) in [6.45, 7) is -0.0811. The van der Waals surface area contributed by atoms with E-state index < -0.39 is 21.8 Å². The minimum Gasteiger partial charge on any atom is -0.497 e. The molecule has 2 amide bonds. The molecular weight excluding hydrogens is 464 g/mol. The molecule has 0 atom stereocenters. The molecule has 3 rings (SSSR count). The number of nitrogens with zero attached hydrogens (tertiary/aromatic N) is 1. The second-order valence-corrected chi connectivity index (χ2v) is 8.43. The average Bonchev–Trinajstić information content (AvgIpc) is 3.31. The number of hydrazone groups is 1. The third-order valence-electron chi connectivity index (χ3n) is 4.39. The highest BCUT2D eigenvalue weighted by atomic mass is 32.2. The van der Waals surface area contributed by atoms with Crippen molar-refractivity contribution in [3.8, 4) is 11.5 Å². The van der Waals surface area contributed by atoms with E-state index in [2.05, 4.69) is 20.6 Å². The Hall–Kier alpha value is -4.16. The van der Waals surface area contributed by atoms with Crippen molar-refractivity contribution in [2.75, 3.05) is 19.5 Å². The van der Waals surface area contributed by atoms with Gasteiger partial charge in [-0.05, 0) is 36.4 Å². The van der Waals surface area contributed by atoms with Crippen molar-refractivity contribution in [3.63, 3.8) is 0 Å². The Balaban J connectivity index is 1.53. The molecule has 3 aromatic rings. The smallest absolute Gasteiger partial charge is 0.329 e. The number of anilines is 1. The van der Waals surface area contributed by atoms with Gasteiger partial charge in [0.15, 0.2) is 0 Å². The van der Waals surface area contributed by atoms with Crippen LogP contribution in [0.5, 0.6) is 11.5 Å².